The summed E-state index contributed by atoms with van der Waals surface area (Å²) < 4.78 is 0. The molecule has 0 radical (unpaired) electrons. The number of aromatic nitrogens is 2. The summed E-state index contributed by atoms with van der Waals surface area (Å²) in [5.41, 5.74) is 0. The summed E-state index contributed by atoms with van der Waals surface area (Å²) in [5, 5.41) is 12.3. The minimum Gasteiger partial charge on any atom is -0.300 e. The highest BCUT2D eigenvalue weighted by Gasteiger charge is 2.16. The fourth-order valence-electron chi connectivity index (χ4n) is 1.32. The van der Waals surface area contributed by atoms with Crippen molar-refractivity contribution in [2.75, 3.05) is 5.32 Å². The van der Waals surface area contributed by atoms with Gasteiger partial charge < -0.3 is 0 Å². The van der Waals surface area contributed by atoms with Crippen LogP contribution in [0.4, 0.5) is 5.13 Å². The molecule has 0 aliphatic rings. The Morgan fingerprint density at radius 3 is 2.63 bits per heavy atom. The fraction of sp³-hybridized carbons (Fsp3) is 0.250. The van der Waals surface area contributed by atoms with Crippen LogP contribution in [0.2, 0.25) is 5.02 Å². The van der Waals surface area contributed by atoms with Gasteiger partial charge in [-0.3, -0.25) is 10.1 Å². The lowest BCUT2D eigenvalue weighted by Crippen LogP contribution is -2.22. The molecule has 0 saturated carbocycles. The van der Waals surface area contributed by atoms with Gasteiger partial charge in [0.1, 0.15) is 5.01 Å². The molecule has 0 saturated heterocycles. The normalized spacial score (nSPS) is 12.2. The summed E-state index contributed by atoms with van der Waals surface area (Å²) in [5.74, 6) is -0.0869. The lowest BCUT2D eigenvalue weighted by Gasteiger charge is -2.10. The third-order valence-electron chi connectivity index (χ3n) is 2.25. The SMILES string of the molecule is Cc1nnc(NC(=O)[C@@H](C)Sc2ccc(Cl)cc2)s1. The van der Waals surface area contributed by atoms with Gasteiger partial charge in [0, 0.05) is 9.92 Å². The second kappa shape index (κ2) is 6.36. The van der Waals surface area contributed by atoms with E-state index in [1.54, 1.807) is 0 Å². The molecule has 0 aliphatic carbocycles. The Bertz CT molecular complexity index is 571. The second-order valence-electron chi connectivity index (χ2n) is 3.83. The van der Waals surface area contributed by atoms with Gasteiger partial charge in [-0.05, 0) is 38.1 Å². The number of carbonyl (C=O) groups excluding carboxylic acids is 1. The molecule has 2 rings (SSSR count). The predicted molar refractivity (Wildman–Crippen MR) is 80.0 cm³/mol. The molecular weight excluding hydrogens is 302 g/mol. The molecule has 1 N–H and O–H groups in total. The number of thioether (sulfide) groups is 1. The molecule has 0 fully saturated rings. The molecule has 1 amide bonds. The summed E-state index contributed by atoms with van der Waals surface area (Å²) in [4.78, 5) is 13.0. The van der Waals surface area contributed by atoms with E-state index in [0.29, 0.717) is 10.2 Å². The smallest absolute Gasteiger partial charge is 0.239 e. The summed E-state index contributed by atoms with van der Waals surface area (Å²) in [6, 6.07) is 7.41. The van der Waals surface area contributed by atoms with E-state index in [9.17, 15) is 4.79 Å². The Balaban J connectivity index is 1.94. The largest absolute Gasteiger partial charge is 0.300 e. The quantitative estimate of drug-likeness (QED) is 0.876. The van der Waals surface area contributed by atoms with Crippen LogP contribution < -0.4 is 5.32 Å². The second-order valence-corrected chi connectivity index (χ2v) is 6.86. The van der Waals surface area contributed by atoms with E-state index in [4.69, 9.17) is 11.6 Å². The lowest BCUT2D eigenvalue weighted by molar-refractivity contribution is -0.115. The molecule has 4 nitrogen and oxygen atoms in total. The third-order valence-corrected chi connectivity index (χ3v) is 4.37. The van der Waals surface area contributed by atoms with Crippen LogP contribution in [0.5, 0.6) is 0 Å². The van der Waals surface area contributed by atoms with Crippen LogP contribution in [0.1, 0.15) is 11.9 Å². The maximum Gasteiger partial charge on any atom is 0.239 e. The molecule has 0 spiro atoms. The van der Waals surface area contributed by atoms with Gasteiger partial charge in [0.25, 0.3) is 0 Å². The van der Waals surface area contributed by atoms with Gasteiger partial charge in [0.05, 0.1) is 5.25 Å². The molecule has 0 unspecified atom stereocenters. The maximum atomic E-state index is 12.0. The first-order valence-corrected chi connectivity index (χ1v) is 7.65. The molecule has 0 bridgehead atoms. The molecule has 1 aromatic heterocycles. The Kier molecular flexibility index (Phi) is 4.79. The number of halogens is 1. The average molecular weight is 314 g/mol. The zero-order valence-corrected chi connectivity index (χ0v) is 12.8. The van der Waals surface area contributed by atoms with E-state index in [0.717, 1.165) is 9.90 Å². The van der Waals surface area contributed by atoms with E-state index in [1.807, 2.05) is 38.1 Å². The van der Waals surface area contributed by atoms with Gasteiger partial charge in [0.15, 0.2) is 0 Å². The van der Waals surface area contributed by atoms with E-state index in [-0.39, 0.29) is 11.2 Å². The summed E-state index contributed by atoms with van der Waals surface area (Å²) >= 11 is 8.65. The topological polar surface area (TPSA) is 54.9 Å². The number of nitrogens with one attached hydrogen (secondary N) is 1. The van der Waals surface area contributed by atoms with Crippen LogP contribution in [0.15, 0.2) is 29.2 Å². The van der Waals surface area contributed by atoms with Crippen molar-refractivity contribution in [2.24, 2.45) is 0 Å². The van der Waals surface area contributed by atoms with Crippen molar-refractivity contribution in [2.45, 2.75) is 24.0 Å². The van der Waals surface area contributed by atoms with Gasteiger partial charge in [0.2, 0.25) is 11.0 Å². The van der Waals surface area contributed by atoms with E-state index in [2.05, 4.69) is 15.5 Å². The summed E-state index contributed by atoms with van der Waals surface area (Å²) in [6.45, 7) is 3.70. The zero-order valence-electron chi connectivity index (χ0n) is 10.4. The van der Waals surface area contributed by atoms with Crippen molar-refractivity contribution in [3.63, 3.8) is 0 Å². The molecular formula is C12H12ClN3OS2. The highest BCUT2D eigenvalue weighted by molar-refractivity contribution is 8.00. The highest BCUT2D eigenvalue weighted by Crippen LogP contribution is 2.25. The lowest BCUT2D eigenvalue weighted by atomic mass is 10.4. The van der Waals surface area contributed by atoms with Crippen LogP contribution in [0.3, 0.4) is 0 Å². The van der Waals surface area contributed by atoms with E-state index < -0.39 is 0 Å². The van der Waals surface area contributed by atoms with Gasteiger partial charge in [-0.25, -0.2) is 0 Å². The van der Waals surface area contributed by atoms with Gasteiger partial charge in [-0.15, -0.1) is 22.0 Å². The van der Waals surface area contributed by atoms with Crippen molar-refractivity contribution in [1.82, 2.24) is 10.2 Å². The number of amides is 1. The standard InChI is InChI=1S/C12H12ClN3OS2/c1-7(18-10-5-3-9(13)4-6-10)11(17)14-12-16-15-8(2)19-12/h3-7H,1-2H3,(H,14,16,17)/t7-/m1/s1. The molecule has 19 heavy (non-hydrogen) atoms. The number of rotatable bonds is 4. The van der Waals surface area contributed by atoms with Crippen LogP contribution in [0.25, 0.3) is 0 Å². The average Bonchev–Trinajstić information content (AvgIpc) is 2.77. The minimum atomic E-state index is -0.217. The predicted octanol–water partition coefficient (Wildman–Crippen LogP) is 3.62. The van der Waals surface area contributed by atoms with Gasteiger partial charge in [-0.1, -0.05) is 22.9 Å². The number of carbonyl (C=O) groups is 1. The Morgan fingerprint density at radius 1 is 1.37 bits per heavy atom. The number of nitrogens with zero attached hydrogens (tertiary/aromatic N) is 2. The third kappa shape index (κ3) is 4.19. The summed E-state index contributed by atoms with van der Waals surface area (Å²) in [7, 11) is 0. The van der Waals surface area contributed by atoms with Crippen molar-refractivity contribution < 1.29 is 4.79 Å². The minimum absolute atomic E-state index is 0.0869. The van der Waals surface area contributed by atoms with Crippen LogP contribution >= 0.6 is 34.7 Å². The number of aryl methyl sites for hydroxylation is 1. The summed E-state index contributed by atoms with van der Waals surface area (Å²) in [6.07, 6.45) is 0. The monoisotopic (exact) mass is 313 g/mol. The van der Waals surface area contributed by atoms with Crippen molar-refractivity contribution in [1.29, 1.82) is 0 Å². The molecule has 100 valence electrons. The number of anilines is 1. The number of benzene rings is 1. The first-order chi connectivity index (χ1) is 9.04. The number of hydrogen-bond donors (Lipinski definition) is 1. The van der Waals surface area contributed by atoms with Crippen molar-refractivity contribution in [3.05, 3.63) is 34.3 Å². The fourth-order valence-corrected chi connectivity index (χ4v) is 2.91. The first-order valence-electron chi connectivity index (χ1n) is 5.58. The molecule has 7 heteroatoms. The maximum absolute atomic E-state index is 12.0. The molecule has 0 aliphatic heterocycles. The molecule has 2 aromatic rings. The Morgan fingerprint density at radius 2 is 2.05 bits per heavy atom. The van der Waals surface area contributed by atoms with Crippen LogP contribution in [0, 0.1) is 6.92 Å². The highest BCUT2D eigenvalue weighted by atomic mass is 35.5. The van der Waals surface area contributed by atoms with E-state index in [1.165, 1.54) is 23.1 Å². The zero-order chi connectivity index (χ0) is 13.8. The van der Waals surface area contributed by atoms with Crippen LogP contribution in [-0.2, 0) is 4.79 Å². The number of hydrogen-bond acceptors (Lipinski definition) is 5. The Labute approximate surface area is 124 Å². The first kappa shape index (κ1) is 14.3. The van der Waals surface area contributed by atoms with Gasteiger partial charge in [-0.2, -0.15) is 0 Å². The Hall–Kier alpha value is -1.11. The van der Waals surface area contributed by atoms with E-state index >= 15 is 0 Å². The molecule has 1 atom stereocenters. The van der Waals surface area contributed by atoms with Gasteiger partial charge >= 0.3 is 0 Å². The molecule has 1 aromatic carbocycles. The molecule has 1 heterocycles. The van der Waals surface area contributed by atoms with Crippen molar-refractivity contribution >= 4 is 45.7 Å². The van der Waals surface area contributed by atoms with Crippen LogP contribution in [-0.4, -0.2) is 21.4 Å². The van der Waals surface area contributed by atoms with Crippen molar-refractivity contribution in [3.8, 4) is 0 Å².